The molecule has 4 atom stereocenters. The van der Waals surface area contributed by atoms with E-state index in [1.807, 2.05) is 64.2 Å². The second kappa shape index (κ2) is 13.2. The maximum atomic E-state index is 14.0. The van der Waals surface area contributed by atoms with Gasteiger partial charge in [-0.1, -0.05) is 51.1 Å². The number of aryl methyl sites for hydroxylation is 1. The zero-order valence-corrected chi connectivity index (χ0v) is 30.3. The number of likely N-dealkylation sites (N-methyl/N-ethyl adjacent to an activating group) is 1. The number of carbonyl (C=O) groups is 1. The maximum Gasteiger partial charge on any atom is 0.425 e. The second-order valence-electron chi connectivity index (χ2n) is 14.1. The molecule has 1 saturated heterocycles. The molecule has 0 spiro atoms. The lowest BCUT2D eigenvalue weighted by Crippen LogP contribution is -2.64. The average Bonchev–Trinajstić information content (AvgIpc) is 3.21. The van der Waals surface area contributed by atoms with Crippen molar-refractivity contribution >= 4 is 24.4 Å². The number of nitrogens with zero attached hydrogens (tertiary/aromatic N) is 4. The van der Waals surface area contributed by atoms with Gasteiger partial charge in [-0.25, -0.2) is 18.0 Å². The first-order valence-corrected chi connectivity index (χ1v) is 19.6. The second-order valence-corrected chi connectivity index (χ2v) is 20.9. The molecule has 15 heteroatoms. The first-order chi connectivity index (χ1) is 21.0. The van der Waals surface area contributed by atoms with Gasteiger partial charge in [0.2, 0.25) is 10.0 Å². The van der Waals surface area contributed by atoms with Gasteiger partial charge in [-0.2, -0.15) is 14.1 Å². The lowest BCUT2D eigenvalue weighted by atomic mass is 9.89. The van der Waals surface area contributed by atoms with Crippen molar-refractivity contribution in [3.8, 4) is 6.07 Å². The quantitative estimate of drug-likeness (QED) is 0.358. The zero-order chi connectivity index (χ0) is 35.0. The maximum absolute atomic E-state index is 14.0. The fourth-order valence-corrected chi connectivity index (χ4v) is 6.93. The Morgan fingerprint density at radius 2 is 1.72 bits per heavy atom. The predicted octanol–water partition coefficient (Wildman–Crippen LogP) is 3.76. The molecule has 3 rings (SSSR count). The van der Waals surface area contributed by atoms with Gasteiger partial charge in [0.05, 0.1) is 25.5 Å². The van der Waals surface area contributed by atoms with Crippen LogP contribution >= 0.6 is 0 Å². The van der Waals surface area contributed by atoms with Crippen molar-refractivity contribution in [2.75, 3.05) is 19.9 Å². The molecule has 0 radical (unpaired) electrons. The molecule has 1 aliphatic heterocycles. The van der Waals surface area contributed by atoms with Crippen LogP contribution in [0, 0.1) is 18.3 Å². The summed E-state index contributed by atoms with van der Waals surface area (Å²) in [6.45, 7) is 15.8. The lowest BCUT2D eigenvalue weighted by Gasteiger charge is -2.45. The van der Waals surface area contributed by atoms with Crippen LogP contribution in [0.25, 0.3) is 0 Å². The van der Waals surface area contributed by atoms with Crippen molar-refractivity contribution in [1.29, 1.82) is 5.26 Å². The molecule has 1 aromatic carbocycles. The molecule has 2 aromatic rings. The van der Waals surface area contributed by atoms with Gasteiger partial charge in [0.15, 0.2) is 20.1 Å². The summed E-state index contributed by atoms with van der Waals surface area (Å²) in [5, 5.41) is 10.5. The van der Waals surface area contributed by atoms with Crippen LogP contribution in [-0.4, -0.2) is 79.5 Å². The average molecular weight is 679 g/mol. The highest BCUT2D eigenvalue weighted by molar-refractivity contribution is 7.88. The summed E-state index contributed by atoms with van der Waals surface area (Å²) < 4.78 is 53.2. The molecule has 0 bridgehead atoms. The van der Waals surface area contributed by atoms with Crippen LogP contribution < -0.4 is 11.2 Å². The van der Waals surface area contributed by atoms with Crippen LogP contribution in [0.15, 0.2) is 46.1 Å². The molecule has 1 fully saturated rings. The minimum Gasteiger partial charge on any atom is -0.443 e. The monoisotopic (exact) mass is 678 g/mol. The van der Waals surface area contributed by atoms with Gasteiger partial charge in [-0.3, -0.25) is 9.36 Å². The smallest absolute Gasteiger partial charge is 0.425 e. The van der Waals surface area contributed by atoms with Gasteiger partial charge < -0.3 is 18.6 Å². The first-order valence-electron chi connectivity index (χ1n) is 14.9. The van der Waals surface area contributed by atoms with Gasteiger partial charge in [0.1, 0.15) is 17.8 Å². The van der Waals surface area contributed by atoms with E-state index in [1.54, 1.807) is 20.8 Å². The molecule has 0 amide bonds. The Labute approximate surface area is 271 Å². The minimum atomic E-state index is -4.07. The number of aromatic nitrogens is 2. The summed E-state index contributed by atoms with van der Waals surface area (Å²) in [7, 11) is -5.66. The van der Waals surface area contributed by atoms with Crippen molar-refractivity contribution in [3.63, 3.8) is 0 Å². The van der Waals surface area contributed by atoms with E-state index in [0.717, 1.165) is 20.7 Å². The lowest BCUT2D eigenvalue weighted by molar-refractivity contribution is -0.0686. The van der Waals surface area contributed by atoms with Crippen molar-refractivity contribution < 1.29 is 31.8 Å². The Balaban J connectivity index is 2.31. The summed E-state index contributed by atoms with van der Waals surface area (Å²) in [6, 6.07) is 11.4. The van der Waals surface area contributed by atoms with E-state index in [1.165, 1.54) is 20.2 Å². The summed E-state index contributed by atoms with van der Waals surface area (Å²) in [5.41, 5.74) is -4.21. The first kappa shape index (κ1) is 37.3. The largest absolute Gasteiger partial charge is 0.443 e. The highest BCUT2D eigenvalue weighted by atomic mass is 32.2. The number of ether oxygens (including phenoxy) is 3. The van der Waals surface area contributed by atoms with Gasteiger partial charge in [-0.05, 0) is 51.4 Å². The van der Waals surface area contributed by atoms with Crippen LogP contribution in [0.4, 0.5) is 4.79 Å². The Morgan fingerprint density at radius 1 is 1.13 bits per heavy atom. The van der Waals surface area contributed by atoms with Gasteiger partial charge in [0.25, 0.3) is 5.56 Å². The fraction of sp³-hybridized carbons (Fsp3) is 0.613. The van der Waals surface area contributed by atoms with E-state index in [9.17, 15) is 28.1 Å². The van der Waals surface area contributed by atoms with Gasteiger partial charge >= 0.3 is 11.8 Å². The molecule has 254 valence electrons. The zero-order valence-electron chi connectivity index (χ0n) is 28.5. The van der Waals surface area contributed by atoms with Gasteiger partial charge in [0, 0.05) is 18.8 Å². The van der Waals surface area contributed by atoms with E-state index in [0.29, 0.717) is 4.57 Å². The van der Waals surface area contributed by atoms with E-state index in [-0.39, 0.29) is 18.8 Å². The molecule has 0 aliphatic carbocycles. The van der Waals surface area contributed by atoms with E-state index < -0.39 is 70.3 Å². The number of carbonyl (C=O) groups excluding carboxylic acids is 1. The topological polar surface area (TPSA) is 159 Å². The van der Waals surface area contributed by atoms with Crippen LogP contribution in [0.2, 0.25) is 18.1 Å². The van der Waals surface area contributed by atoms with Crippen LogP contribution in [-0.2, 0) is 35.3 Å². The summed E-state index contributed by atoms with van der Waals surface area (Å²) in [4.78, 5) is 40.2. The van der Waals surface area contributed by atoms with Crippen molar-refractivity contribution in [3.05, 3.63) is 68.5 Å². The standard InChI is InChI=1S/C31H46N4O9SSi/c1-21-17-34(27(37)35(25(21)36)28(38)43-29(2,3)4)26-24(44-46(10,11)30(5,6)7)31(20-32,33(8)45(9,39)40)23(42-26)19-41-18-22-15-13-12-14-16-22/h12-17,23-24,26H,18-19H2,1-11H3/t23-,24+,26-,31-/m1/s1. The Kier molecular flexibility index (Phi) is 10.7. The van der Waals surface area contributed by atoms with Crippen molar-refractivity contribution in [1.82, 2.24) is 13.4 Å². The molecular formula is C31H46N4O9SSi. The van der Waals surface area contributed by atoms with Crippen LogP contribution in [0.3, 0.4) is 0 Å². The normalized spacial score (nSPS) is 22.5. The number of hydrogen-bond acceptors (Lipinski definition) is 10. The van der Waals surface area contributed by atoms with E-state index >= 15 is 0 Å². The molecule has 13 nitrogen and oxygen atoms in total. The highest BCUT2D eigenvalue weighted by Gasteiger charge is 2.65. The third-order valence-corrected chi connectivity index (χ3v) is 14.2. The molecule has 0 N–H and O–H groups in total. The summed E-state index contributed by atoms with van der Waals surface area (Å²) >= 11 is 0. The summed E-state index contributed by atoms with van der Waals surface area (Å²) in [6.07, 6.45) is -3.14. The van der Waals surface area contributed by atoms with E-state index in [2.05, 4.69) is 6.07 Å². The van der Waals surface area contributed by atoms with Crippen molar-refractivity contribution in [2.45, 2.75) is 103 Å². The third-order valence-electron chi connectivity index (χ3n) is 8.43. The Morgan fingerprint density at radius 3 is 2.22 bits per heavy atom. The van der Waals surface area contributed by atoms with Crippen molar-refractivity contribution in [2.24, 2.45) is 0 Å². The number of benzene rings is 1. The molecule has 2 heterocycles. The molecular weight excluding hydrogens is 633 g/mol. The highest BCUT2D eigenvalue weighted by Crippen LogP contribution is 2.47. The molecule has 46 heavy (non-hydrogen) atoms. The number of hydrogen-bond donors (Lipinski definition) is 0. The minimum absolute atomic E-state index is 0.00272. The molecule has 1 aliphatic rings. The number of sulfonamides is 1. The Hall–Kier alpha value is -3.13. The fourth-order valence-electron chi connectivity index (χ4n) is 4.83. The van der Waals surface area contributed by atoms with Crippen LogP contribution in [0.5, 0.6) is 0 Å². The predicted molar refractivity (Wildman–Crippen MR) is 174 cm³/mol. The number of rotatable bonds is 9. The molecule has 0 unspecified atom stereocenters. The van der Waals surface area contributed by atoms with Gasteiger partial charge in [-0.15, -0.1) is 0 Å². The molecule has 0 saturated carbocycles. The summed E-state index contributed by atoms with van der Waals surface area (Å²) in [5.74, 6) is 0. The third kappa shape index (κ3) is 7.53. The SMILES string of the molecule is Cc1cn([C@@H]2O[C@H](COCc3ccccc3)[C@@](C#N)(N(C)S(C)(=O)=O)[C@H]2O[Si](C)(C)C(C)(C)C)c(=O)n(C(=O)OC(C)(C)C)c1=O. The number of nitriles is 1. The van der Waals surface area contributed by atoms with Crippen LogP contribution in [0.1, 0.15) is 58.9 Å². The Bertz CT molecular complexity index is 1700. The molecule has 1 aromatic heterocycles. The van der Waals surface area contributed by atoms with E-state index in [4.69, 9.17) is 18.6 Å².